The summed E-state index contributed by atoms with van der Waals surface area (Å²) in [5.74, 6) is 0.386. The molecule has 0 amide bonds. The van der Waals surface area contributed by atoms with E-state index in [1.807, 2.05) is 12.1 Å². The van der Waals surface area contributed by atoms with Gasteiger partial charge in [0.2, 0.25) is 0 Å². The number of hydrogen-bond donors (Lipinski definition) is 0. The van der Waals surface area contributed by atoms with Crippen LogP contribution in [0, 0.1) is 18.3 Å². The second kappa shape index (κ2) is 4.55. The van der Waals surface area contributed by atoms with Crippen molar-refractivity contribution in [2.75, 3.05) is 0 Å². The van der Waals surface area contributed by atoms with Crippen LogP contribution in [-0.4, -0.2) is 4.98 Å². The van der Waals surface area contributed by atoms with Crippen LogP contribution in [0.15, 0.2) is 24.3 Å². The van der Waals surface area contributed by atoms with Gasteiger partial charge in [-0.05, 0) is 30.0 Å². The number of para-hydroxylation sites is 1. The van der Waals surface area contributed by atoms with Gasteiger partial charge in [-0.3, -0.25) is 4.98 Å². The first-order valence-electron chi connectivity index (χ1n) is 5.89. The van der Waals surface area contributed by atoms with E-state index in [1.165, 1.54) is 5.56 Å². The van der Waals surface area contributed by atoms with Crippen molar-refractivity contribution in [3.05, 3.63) is 41.1 Å². The summed E-state index contributed by atoms with van der Waals surface area (Å²) < 4.78 is 0. The van der Waals surface area contributed by atoms with Gasteiger partial charge < -0.3 is 0 Å². The first kappa shape index (κ1) is 11.6. The molecule has 0 bridgehead atoms. The molecule has 1 heterocycles. The molecule has 2 nitrogen and oxygen atoms in total. The van der Waals surface area contributed by atoms with E-state index in [9.17, 15) is 0 Å². The first-order valence-corrected chi connectivity index (χ1v) is 5.89. The fraction of sp³-hybridized carbons (Fsp3) is 0.333. The van der Waals surface area contributed by atoms with Crippen LogP contribution in [0.5, 0.6) is 0 Å². The number of aromatic nitrogens is 1. The molecular weight excluding hydrogens is 208 g/mol. The lowest BCUT2D eigenvalue weighted by Gasteiger charge is -2.11. The molecular formula is C15H16N2. The van der Waals surface area contributed by atoms with E-state index in [-0.39, 0.29) is 0 Å². The highest BCUT2D eigenvalue weighted by Gasteiger charge is 2.09. The van der Waals surface area contributed by atoms with Crippen LogP contribution in [0.4, 0.5) is 0 Å². The van der Waals surface area contributed by atoms with Gasteiger partial charge in [0.25, 0.3) is 0 Å². The van der Waals surface area contributed by atoms with Crippen LogP contribution in [0.1, 0.15) is 36.6 Å². The van der Waals surface area contributed by atoms with E-state index >= 15 is 0 Å². The van der Waals surface area contributed by atoms with Crippen molar-refractivity contribution in [1.82, 2.24) is 4.98 Å². The third-order valence-electron chi connectivity index (χ3n) is 3.01. The summed E-state index contributed by atoms with van der Waals surface area (Å²) in [6.45, 7) is 6.32. The Labute approximate surface area is 102 Å². The third kappa shape index (κ3) is 2.14. The molecule has 1 aromatic heterocycles. The zero-order chi connectivity index (χ0) is 12.4. The number of hydrogen-bond acceptors (Lipinski definition) is 2. The molecule has 0 radical (unpaired) electrons. The molecule has 0 fully saturated rings. The Morgan fingerprint density at radius 2 is 2.12 bits per heavy atom. The fourth-order valence-electron chi connectivity index (χ4n) is 2.01. The summed E-state index contributed by atoms with van der Waals surface area (Å²) in [6, 6.07) is 10.4. The Bertz CT molecular complexity index is 592. The van der Waals surface area contributed by atoms with Crippen LogP contribution in [0.2, 0.25) is 0 Å². The highest BCUT2D eigenvalue weighted by Crippen LogP contribution is 2.24. The van der Waals surface area contributed by atoms with E-state index in [0.29, 0.717) is 12.3 Å². The standard InChI is InChI=1S/C15H16N2/c1-10(2)14-9-12(7-8-16)13-6-4-5-11(3)15(13)17-14/h4-6,9-10H,7H2,1-3H3. The number of rotatable bonds is 2. The molecule has 0 saturated carbocycles. The number of benzene rings is 1. The van der Waals surface area contributed by atoms with Crippen LogP contribution in [0.3, 0.4) is 0 Å². The second-order valence-corrected chi connectivity index (χ2v) is 4.67. The molecule has 2 heteroatoms. The van der Waals surface area contributed by atoms with Crippen molar-refractivity contribution in [1.29, 1.82) is 5.26 Å². The average molecular weight is 224 g/mol. The quantitative estimate of drug-likeness (QED) is 0.779. The SMILES string of the molecule is Cc1cccc2c(CC#N)cc(C(C)C)nc12. The van der Waals surface area contributed by atoms with E-state index in [0.717, 1.165) is 22.2 Å². The minimum Gasteiger partial charge on any atom is -0.252 e. The average Bonchev–Trinajstić information content (AvgIpc) is 2.30. The van der Waals surface area contributed by atoms with Crippen LogP contribution >= 0.6 is 0 Å². The smallest absolute Gasteiger partial charge is 0.0737 e. The minimum atomic E-state index is 0.386. The normalized spacial score (nSPS) is 10.8. The Hall–Kier alpha value is -1.88. The molecule has 86 valence electrons. The highest BCUT2D eigenvalue weighted by atomic mass is 14.7. The fourth-order valence-corrected chi connectivity index (χ4v) is 2.01. The molecule has 0 unspecified atom stereocenters. The lowest BCUT2D eigenvalue weighted by atomic mass is 9.99. The number of nitriles is 1. The second-order valence-electron chi connectivity index (χ2n) is 4.67. The van der Waals surface area contributed by atoms with Gasteiger partial charge in [0.15, 0.2) is 0 Å². The van der Waals surface area contributed by atoms with E-state index in [1.54, 1.807) is 0 Å². The van der Waals surface area contributed by atoms with E-state index < -0.39 is 0 Å². The molecule has 0 N–H and O–H groups in total. The Morgan fingerprint density at radius 3 is 2.76 bits per heavy atom. The van der Waals surface area contributed by atoms with E-state index in [4.69, 9.17) is 10.2 Å². The summed E-state index contributed by atoms with van der Waals surface area (Å²) in [5.41, 5.74) is 4.36. The monoisotopic (exact) mass is 224 g/mol. The van der Waals surface area contributed by atoms with Crippen molar-refractivity contribution in [2.24, 2.45) is 0 Å². The van der Waals surface area contributed by atoms with Gasteiger partial charge in [0.1, 0.15) is 0 Å². The molecule has 0 aliphatic rings. The maximum absolute atomic E-state index is 8.91. The third-order valence-corrected chi connectivity index (χ3v) is 3.01. The largest absolute Gasteiger partial charge is 0.252 e. The number of pyridine rings is 1. The van der Waals surface area contributed by atoms with Crippen LogP contribution in [0.25, 0.3) is 10.9 Å². The van der Waals surface area contributed by atoms with Crippen molar-refractivity contribution in [3.63, 3.8) is 0 Å². The predicted molar refractivity (Wildman–Crippen MR) is 69.9 cm³/mol. The molecule has 0 saturated heterocycles. The zero-order valence-corrected chi connectivity index (χ0v) is 10.5. The topological polar surface area (TPSA) is 36.7 Å². The summed E-state index contributed by atoms with van der Waals surface area (Å²) in [6.07, 6.45) is 0.447. The molecule has 1 aromatic carbocycles. The highest BCUT2D eigenvalue weighted by molar-refractivity contribution is 5.85. The van der Waals surface area contributed by atoms with Gasteiger partial charge in [-0.2, -0.15) is 5.26 Å². The van der Waals surface area contributed by atoms with Crippen molar-refractivity contribution < 1.29 is 0 Å². The first-order chi connectivity index (χ1) is 8.13. The van der Waals surface area contributed by atoms with Crippen molar-refractivity contribution in [3.8, 4) is 6.07 Å². The van der Waals surface area contributed by atoms with Crippen molar-refractivity contribution >= 4 is 10.9 Å². The van der Waals surface area contributed by atoms with Gasteiger partial charge in [-0.25, -0.2) is 0 Å². The lowest BCUT2D eigenvalue weighted by molar-refractivity contribution is 0.827. The van der Waals surface area contributed by atoms with Crippen LogP contribution in [-0.2, 0) is 6.42 Å². The lowest BCUT2D eigenvalue weighted by Crippen LogP contribution is -1.98. The van der Waals surface area contributed by atoms with Crippen LogP contribution < -0.4 is 0 Å². The molecule has 2 aromatic rings. The Morgan fingerprint density at radius 1 is 1.35 bits per heavy atom. The van der Waals surface area contributed by atoms with Gasteiger partial charge in [0.05, 0.1) is 18.0 Å². The molecule has 0 spiro atoms. The summed E-state index contributed by atoms with van der Waals surface area (Å²) in [5, 5.41) is 10.0. The van der Waals surface area contributed by atoms with Gasteiger partial charge >= 0.3 is 0 Å². The minimum absolute atomic E-state index is 0.386. The zero-order valence-electron chi connectivity index (χ0n) is 10.5. The van der Waals surface area contributed by atoms with E-state index in [2.05, 4.69) is 39.0 Å². The molecule has 17 heavy (non-hydrogen) atoms. The van der Waals surface area contributed by atoms with Gasteiger partial charge in [-0.1, -0.05) is 32.0 Å². The Kier molecular flexibility index (Phi) is 3.10. The maximum Gasteiger partial charge on any atom is 0.0737 e. The summed E-state index contributed by atoms with van der Waals surface area (Å²) in [7, 11) is 0. The summed E-state index contributed by atoms with van der Waals surface area (Å²) in [4.78, 5) is 4.71. The van der Waals surface area contributed by atoms with Gasteiger partial charge in [0, 0.05) is 11.1 Å². The number of nitrogens with zero attached hydrogens (tertiary/aromatic N) is 2. The predicted octanol–water partition coefficient (Wildman–Crippen LogP) is 3.73. The molecule has 2 rings (SSSR count). The molecule has 0 atom stereocenters. The van der Waals surface area contributed by atoms with Crippen molar-refractivity contribution in [2.45, 2.75) is 33.1 Å². The number of fused-ring (bicyclic) bond motifs is 1. The molecule has 0 aliphatic carbocycles. The molecule has 0 aliphatic heterocycles. The number of aryl methyl sites for hydroxylation is 1. The van der Waals surface area contributed by atoms with Gasteiger partial charge in [-0.15, -0.1) is 0 Å². The maximum atomic E-state index is 8.91. The Balaban J connectivity index is 2.77. The summed E-state index contributed by atoms with van der Waals surface area (Å²) >= 11 is 0.